The molecule has 0 saturated carbocycles. The molecule has 1 nitrogen and oxygen atoms in total. The third-order valence-corrected chi connectivity index (χ3v) is 1.75. The molecular formula is C9H13NS. The summed E-state index contributed by atoms with van der Waals surface area (Å²) in [5, 5.41) is 0. The third kappa shape index (κ3) is 2.95. The smallest absolute Gasteiger partial charge is 0.00509 e. The highest BCUT2D eigenvalue weighted by Crippen LogP contribution is 2.09. The summed E-state index contributed by atoms with van der Waals surface area (Å²) >= 11 is 4.24. The van der Waals surface area contributed by atoms with E-state index >= 15 is 0 Å². The standard InChI is InChI=1S/C9H13NS/c1-7(10)5-8-3-2-4-9(11)6-8/h2-4,6-7,11H,5,10H2,1H3. The fourth-order valence-electron chi connectivity index (χ4n) is 1.06. The Bertz CT molecular complexity index is 233. The first-order valence-electron chi connectivity index (χ1n) is 3.72. The second-order valence-corrected chi connectivity index (χ2v) is 3.37. The van der Waals surface area contributed by atoms with E-state index in [2.05, 4.69) is 18.7 Å². The van der Waals surface area contributed by atoms with Crippen molar-refractivity contribution in [2.75, 3.05) is 0 Å². The van der Waals surface area contributed by atoms with E-state index in [1.54, 1.807) is 0 Å². The highest BCUT2D eigenvalue weighted by molar-refractivity contribution is 7.80. The summed E-state index contributed by atoms with van der Waals surface area (Å²) in [7, 11) is 0. The second-order valence-electron chi connectivity index (χ2n) is 2.85. The zero-order valence-corrected chi connectivity index (χ0v) is 7.51. The maximum Gasteiger partial charge on any atom is 0.00509 e. The fraction of sp³-hybridized carbons (Fsp3) is 0.333. The molecule has 0 aliphatic heterocycles. The maximum atomic E-state index is 5.65. The molecule has 0 aliphatic rings. The topological polar surface area (TPSA) is 26.0 Å². The molecule has 0 bridgehead atoms. The van der Waals surface area contributed by atoms with Crippen LogP contribution in [0.4, 0.5) is 0 Å². The van der Waals surface area contributed by atoms with Gasteiger partial charge in [-0.25, -0.2) is 0 Å². The fourth-order valence-corrected chi connectivity index (χ4v) is 1.31. The average Bonchev–Trinajstić information content (AvgIpc) is 1.85. The van der Waals surface area contributed by atoms with Gasteiger partial charge in [0.15, 0.2) is 0 Å². The van der Waals surface area contributed by atoms with Crippen LogP contribution in [-0.2, 0) is 6.42 Å². The van der Waals surface area contributed by atoms with E-state index in [1.807, 2.05) is 25.1 Å². The summed E-state index contributed by atoms with van der Waals surface area (Å²) in [5.41, 5.74) is 6.91. The molecule has 1 rings (SSSR count). The minimum atomic E-state index is 0.227. The van der Waals surface area contributed by atoms with Crippen molar-refractivity contribution in [3.8, 4) is 0 Å². The van der Waals surface area contributed by atoms with Crippen LogP contribution in [0.2, 0.25) is 0 Å². The largest absolute Gasteiger partial charge is 0.328 e. The lowest BCUT2D eigenvalue weighted by Crippen LogP contribution is -2.17. The number of nitrogens with two attached hydrogens (primary N) is 1. The van der Waals surface area contributed by atoms with Crippen molar-refractivity contribution in [3.63, 3.8) is 0 Å². The number of thiol groups is 1. The normalized spacial score (nSPS) is 13.0. The van der Waals surface area contributed by atoms with Gasteiger partial charge in [-0.05, 0) is 31.0 Å². The molecule has 1 aromatic rings. The van der Waals surface area contributed by atoms with Gasteiger partial charge in [-0.15, -0.1) is 12.6 Å². The van der Waals surface area contributed by atoms with Crippen LogP contribution >= 0.6 is 12.6 Å². The van der Waals surface area contributed by atoms with E-state index in [1.165, 1.54) is 5.56 Å². The summed E-state index contributed by atoms with van der Waals surface area (Å²) in [5.74, 6) is 0. The Morgan fingerprint density at radius 3 is 2.82 bits per heavy atom. The van der Waals surface area contributed by atoms with Gasteiger partial charge in [0.05, 0.1) is 0 Å². The lowest BCUT2D eigenvalue weighted by atomic mass is 10.1. The van der Waals surface area contributed by atoms with Gasteiger partial charge in [0.2, 0.25) is 0 Å². The molecular weight excluding hydrogens is 154 g/mol. The first kappa shape index (κ1) is 8.62. The summed E-state index contributed by atoms with van der Waals surface area (Å²) in [6.45, 7) is 2.01. The molecule has 2 heteroatoms. The van der Waals surface area contributed by atoms with Gasteiger partial charge in [-0.3, -0.25) is 0 Å². The Morgan fingerprint density at radius 1 is 1.55 bits per heavy atom. The van der Waals surface area contributed by atoms with Crippen molar-refractivity contribution in [2.24, 2.45) is 5.73 Å². The first-order valence-corrected chi connectivity index (χ1v) is 4.16. The van der Waals surface area contributed by atoms with Crippen LogP contribution in [0.5, 0.6) is 0 Å². The van der Waals surface area contributed by atoms with Gasteiger partial charge in [0.1, 0.15) is 0 Å². The molecule has 1 unspecified atom stereocenters. The Morgan fingerprint density at radius 2 is 2.27 bits per heavy atom. The molecule has 11 heavy (non-hydrogen) atoms. The Hall–Kier alpha value is -0.470. The first-order chi connectivity index (χ1) is 5.18. The quantitative estimate of drug-likeness (QED) is 0.646. The van der Waals surface area contributed by atoms with Crippen LogP contribution in [0.1, 0.15) is 12.5 Å². The van der Waals surface area contributed by atoms with Crippen LogP contribution in [0.3, 0.4) is 0 Å². The zero-order valence-electron chi connectivity index (χ0n) is 6.62. The van der Waals surface area contributed by atoms with Crippen LogP contribution in [0.15, 0.2) is 29.2 Å². The molecule has 0 aliphatic carbocycles. The van der Waals surface area contributed by atoms with E-state index in [9.17, 15) is 0 Å². The highest BCUT2D eigenvalue weighted by Gasteiger charge is 1.96. The number of rotatable bonds is 2. The van der Waals surface area contributed by atoms with Gasteiger partial charge in [0, 0.05) is 10.9 Å². The number of benzene rings is 1. The number of hydrogen-bond donors (Lipinski definition) is 2. The second kappa shape index (κ2) is 3.79. The highest BCUT2D eigenvalue weighted by atomic mass is 32.1. The summed E-state index contributed by atoms with van der Waals surface area (Å²) in [6, 6.07) is 8.31. The lowest BCUT2D eigenvalue weighted by molar-refractivity contribution is 0.737. The van der Waals surface area contributed by atoms with Crippen LogP contribution in [0.25, 0.3) is 0 Å². The van der Waals surface area contributed by atoms with Gasteiger partial charge in [-0.2, -0.15) is 0 Å². The van der Waals surface area contributed by atoms with Crippen LogP contribution < -0.4 is 5.73 Å². The van der Waals surface area contributed by atoms with Crippen molar-refractivity contribution in [1.82, 2.24) is 0 Å². The predicted octanol–water partition coefficient (Wildman–Crippen LogP) is 1.86. The van der Waals surface area contributed by atoms with Gasteiger partial charge >= 0.3 is 0 Å². The maximum absolute atomic E-state index is 5.65. The monoisotopic (exact) mass is 167 g/mol. The molecule has 0 radical (unpaired) electrons. The van der Waals surface area contributed by atoms with E-state index < -0.39 is 0 Å². The minimum absolute atomic E-state index is 0.227. The molecule has 1 aromatic carbocycles. The van der Waals surface area contributed by atoms with Crippen molar-refractivity contribution >= 4 is 12.6 Å². The van der Waals surface area contributed by atoms with Crippen molar-refractivity contribution in [3.05, 3.63) is 29.8 Å². The Kier molecular flexibility index (Phi) is 2.97. The van der Waals surface area contributed by atoms with Gasteiger partial charge in [-0.1, -0.05) is 12.1 Å². The molecule has 0 fully saturated rings. The molecule has 0 amide bonds. The molecule has 0 heterocycles. The van der Waals surface area contributed by atoms with Crippen molar-refractivity contribution in [1.29, 1.82) is 0 Å². The van der Waals surface area contributed by atoms with Crippen LogP contribution in [-0.4, -0.2) is 6.04 Å². The summed E-state index contributed by atoms with van der Waals surface area (Å²) < 4.78 is 0. The molecule has 0 aromatic heterocycles. The van der Waals surface area contributed by atoms with Crippen molar-refractivity contribution in [2.45, 2.75) is 24.3 Å². The van der Waals surface area contributed by atoms with E-state index in [0.29, 0.717) is 0 Å². The Labute approximate surface area is 73.0 Å². The van der Waals surface area contributed by atoms with Gasteiger partial charge < -0.3 is 5.73 Å². The van der Waals surface area contributed by atoms with Gasteiger partial charge in [0.25, 0.3) is 0 Å². The summed E-state index contributed by atoms with van der Waals surface area (Å²) in [6.07, 6.45) is 0.925. The Balaban J connectivity index is 2.71. The average molecular weight is 167 g/mol. The lowest BCUT2D eigenvalue weighted by Gasteiger charge is -2.04. The molecule has 0 saturated heterocycles. The summed E-state index contributed by atoms with van der Waals surface area (Å²) in [4.78, 5) is 1.00. The molecule has 1 atom stereocenters. The SMILES string of the molecule is CC(N)Cc1cccc(S)c1. The van der Waals surface area contributed by atoms with Crippen molar-refractivity contribution < 1.29 is 0 Å². The van der Waals surface area contributed by atoms with Crippen LogP contribution in [0, 0.1) is 0 Å². The minimum Gasteiger partial charge on any atom is -0.328 e. The molecule has 0 spiro atoms. The predicted molar refractivity (Wildman–Crippen MR) is 51.0 cm³/mol. The number of hydrogen-bond acceptors (Lipinski definition) is 2. The zero-order chi connectivity index (χ0) is 8.27. The molecule has 2 N–H and O–H groups in total. The molecule has 60 valence electrons. The van der Waals surface area contributed by atoms with E-state index in [4.69, 9.17) is 5.73 Å². The van der Waals surface area contributed by atoms with E-state index in [-0.39, 0.29) is 6.04 Å². The third-order valence-electron chi connectivity index (χ3n) is 1.47. The van der Waals surface area contributed by atoms with E-state index in [0.717, 1.165) is 11.3 Å².